The fraction of sp³-hybridized carbons (Fsp3) is 0.216. The molecule has 4 heterocycles. The second kappa shape index (κ2) is 11.5. The summed E-state index contributed by atoms with van der Waals surface area (Å²) in [5.41, 5.74) is 19.7. The molecule has 272 valence electrons. The van der Waals surface area contributed by atoms with Crippen molar-refractivity contribution in [1.82, 2.24) is 0 Å². The van der Waals surface area contributed by atoms with Crippen LogP contribution in [-0.2, 0) is 25.7 Å². The summed E-state index contributed by atoms with van der Waals surface area (Å²) in [5, 5.41) is 2.80. The molecule has 0 unspecified atom stereocenters. The smallest absolute Gasteiger partial charge is 0.277 e. The number of rotatable bonds is 3. The van der Waals surface area contributed by atoms with Crippen molar-refractivity contribution >= 4 is 98.7 Å². The van der Waals surface area contributed by atoms with E-state index in [1.165, 1.54) is 108 Å². The van der Waals surface area contributed by atoms with Gasteiger partial charge in [-0.1, -0.05) is 88.4 Å². The molecule has 0 amide bonds. The number of fused-ring (bicyclic) bond motifs is 10. The fourth-order valence-corrected chi connectivity index (χ4v) is 13.5. The van der Waals surface area contributed by atoms with Gasteiger partial charge in [-0.3, -0.25) is 0 Å². The molecule has 2 aromatic heterocycles. The number of aryl methyl sites for hydroxylation is 1. The molecule has 5 heteroatoms. The van der Waals surface area contributed by atoms with Gasteiger partial charge >= 0.3 is 0 Å². The van der Waals surface area contributed by atoms with E-state index in [0.717, 1.165) is 25.7 Å². The highest BCUT2D eigenvalue weighted by Crippen LogP contribution is 2.52. The van der Waals surface area contributed by atoms with Crippen LogP contribution in [0.2, 0.25) is 0 Å². The molecular formula is C51H43BN2S2. The second-order valence-electron chi connectivity index (χ2n) is 18.5. The molecule has 56 heavy (non-hydrogen) atoms. The number of para-hydroxylation sites is 1. The standard InChI is InChI=1S/C51H43BN2S2/c1-30-20-41-45-42(21-30)54(38-18-16-32(17-19-38)31-12-8-6-9-13-31)47-40-23-34-27-51(4,5)29-36(34)25-44(40)56-49(47)52(45)48-46(53(41)37-14-10-7-11-15-37)39-22-33-26-50(2,3)28-35(33)24-43(39)55-48/h6-25H,26-29H2,1-5H3. The molecule has 0 spiro atoms. The van der Waals surface area contributed by atoms with E-state index in [1.807, 2.05) is 22.7 Å². The normalized spacial score (nSPS) is 16.9. The third-order valence-electron chi connectivity index (χ3n) is 13.0. The summed E-state index contributed by atoms with van der Waals surface area (Å²) in [5.74, 6) is 0. The average Bonchev–Trinajstić information content (AvgIpc) is 3.90. The number of hydrogen-bond acceptors (Lipinski definition) is 4. The number of hydrogen-bond donors (Lipinski definition) is 0. The van der Waals surface area contributed by atoms with Gasteiger partial charge in [0.1, 0.15) is 0 Å². The molecule has 0 atom stereocenters. The van der Waals surface area contributed by atoms with Crippen molar-refractivity contribution in [3.05, 3.63) is 149 Å². The highest BCUT2D eigenvalue weighted by Gasteiger charge is 2.47. The van der Waals surface area contributed by atoms with Crippen molar-refractivity contribution in [2.24, 2.45) is 10.8 Å². The monoisotopic (exact) mass is 758 g/mol. The van der Waals surface area contributed by atoms with Crippen LogP contribution in [0, 0.1) is 17.8 Å². The van der Waals surface area contributed by atoms with Crippen molar-refractivity contribution in [2.75, 3.05) is 9.80 Å². The van der Waals surface area contributed by atoms with Crippen LogP contribution in [0.4, 0.5) is 34.1 Å². The lowest BCUT2D eigenvalue weighted by Gasteiger charge is -2.42. The Morgan fingerprint density at radius 2 is 0.929 bits per heavy atom. The van der Waals surface area contributed by atoms with Crippen LogP contribution in [0.1, 0.15) is 55.5 Å². The quantitative estimate of drug-likeness (QED) is 0.166. The van der Waals surface area contributed by atoms with Crippen molar-refractivity contribution < 1.29 is 0 Å². The molecule has 6 aromatic carbocycles. The first kappa shape index (κ1) is 33.1. The second-order valence-corrected chi connectivity index (χ2v) is 20.6. The van der Waals surface area contributed by atoms with E-state index in [-0.39, 0.29) is 6.71 Å². The van der Waals surface area contributed by atoms with Gasteiger partial charge in [-0.2, -0.15) is 0 Å². The third kappa shape index (κ3) is 4.80. The minimum atomic E-state index is 0.151. The van der Waals surface area contributed by atoms with Crippen LogP contribution in [0.3, 0.4) is 0 Å². The topological polar surface area (TPSA) is 6.48 Å². The maximum Gasteiger partial charge on any atom is 0.277 e. The Labute approximate surface area is 338 Å². The molecule has 0 N–H and O–H groups in total. The van der Waals surface area contributed by atoms with Gasteiger partial charge in [0.15, 0.2) is 0 Å². The molecule has 2 aliphatic carbocycles. The molecule has 2 nitrogen and oxygen atoms in total. The van der Waals surface area contributed by atoms with Gasteiger partial charge in [-0.05, 0) is 149 Å². The van der Waals surface area contributed by atoms with Gasteiger partial charge in [0.2, 0.25) is 0 Å². The van der Waals surface area contributed by atoms with Crippen LogP contribution in [0.25, 0.3) is 31.3 Å². The summed E-state index contributed by atoms with van der Waals surface area (Å²) >= 11 is 4.09. The summed E-state index contributed by atoms with van der Waals surface area (Å²) in [4.78, 5) is 5.25. The molecule has 8 aromatic rings. The Morgan fingerprint density at radius 3 is 1.43 bits per heavy atom. The SMILES string of the molecule is Cc1cc2c3c(c1)N(c1ccc(-c4ccccc4)cc1)c1c(sc4cc5c(cc14)CC(C)(C)C5)B3c1sc3cc4c(cc3c1N2c1ccccc1)CC(C)(C)C4. The van der Waals surface area contributed by atoms with E-state index >= 15 is 0 Å². The highest BCUT2D eigenvalue weighted by atomic mass is 32.1. The number of benzene rings is 6. The molecular weight excluding hydrogens is 716 g/mol. The van der Waals surface area contributed by atoms with Crippen molar-refractivity contribution in [3.8, 4) is 11.1 Å². The zero-order valence-corrected chi connectivity index (χ0v) is 34.3. The zero-order chi connectivity index (χ0) is 37.7. The molecule has 0 radical (unpaired) electrons. The third-order valence-corrected chi connectivity index (χ3v) is 15.4. The van der Waals surface area contributed by atoms with Gasteiger partial charge in [0.05, 0.1) is 11.4 Å². The summed E-state index contributed by atoms with van der Waals surface area (Å²) in [6.07, 6.45) is 4.56. The van der Waals surface area contributed by atoms with Crippen LogP contribution in [0.5, 0.6) is 0 Å². The Kier molecular flexibility index (Phi) is 6.79. The highest BCUT2D eigenvalue weighted by molar-refractivity contribution is 7.40. The maximum atomic E-state index is 2.63. The number of anilines is 6. The van der Waals surface area contributed by atoms with Crippen LogP contribution < -0.4 is 24.8 Å². The first-order chi connectivity index (χ1) is 27.1. The van der Waals surface area contributed by atoms with E-state index in [9.17, 15) is 0 Å². The van der Waals surface area contributed by atoms with E-state index < -0.39 is 0 Å². The van der Waals surface area contributed by atoms with E-state index in [4.69, 9.17) is 0 Å². The molecule has 0 saturated heterocycles. The fourth-order valence-electron chi connectivity index (χ4n) is 10.8. The molecule has 0 bridgehead atoms. The van der Waals surface area contributed by atoms with Gasteiger partial charge in [-0.15, -0.1) is 22.7 Å². The predicted octanol–water partition coefficient (Wildman–Crippen LogP) is 12.4. The minimum absolute atomic E-state index is 0.151. The molecule has 12 rings (SSSR count). The Balaban J connectivity index is 1.16. The lowest BCUT2D eigenvalue weighted by atomic mass is 9.39. The van der Waals surface area contributed by atoms with Gasteiger partial charge in [0, 0.05) is 52.5 Å². The molecule has 0 fully saturated rings. The van der Waals surface area contributed by atoms with Gasteiger partial charge < -0.3 is 9.80 Å². The van der Waals surface area contributed by atoms with Crippen LogP contribution >= 0.6 is 22.7 Å². The first-order valence-corrected chi connectivity index (χ1v) is 21.8. The molecule has 4 aliphatic rings. The van der Waals surface area contributed by atoms with E-state index in [1.54, 1.807) is 0 Å². The zero-order valence-electron chi connectivity index (χ0n) is 32.7. The largest absolute Gasteiger partial charge is 0.310 e. The Hall–Kier alpha value is -5.10. The van der Waals surface area contributed by atoms with Gasteiger partial charge in [0.25, 0.3) is 6.71 Å². The summed E-state index contributed by atoms with van der Waals surface area (Å²) in [6, 6.07) is 46.5. The van der Waals surface area contributed by atoms with Crippen molar-refractivity contribution in [3.63, 3.8) is 0 Å². The maximum absolute atomic E-state index is 2.63. The average molecular weight is 759 g/mol. The van der Waals surface area contributed by atoms with E-state index in [0.29, 0.717) is 10.8 Å². The summed E-state index contributed by atoms with van der Waals surface area (Å²) in [6.45, 7) is 12.2. The first-order valence-electron chi connectivity index (χ1n) is 20.2. The van der Waals surface area contributed by atoms with Gasteiger partial charge in [-0.25, -0.2) is 0 Å². The molecule has 2 aliphatic heterocycles. The predicted molar refractivity (Wildman–Crippen MR) is 244 cm³/mol. The van der Waals surface area contributed by atoms with Crippen molar-refractivity contribution in [2.45, 2.75) is 60.3 Å². The van der Waals surface area contributed by atoms with Crippen LogP contribution in [-0.4, -0.2) is 6.71 Å². The number of nitrogens with zero attached hydrogens (tertiary/aromatic N) is 2. The Morgan fingerprint density at radius 1 is 0.500 bits per heavy atom. The molecule has 0 saturated carbocycles. The lowest BCUT2D eigenvalue weighted by molar-refractivity contribution is 0.392. The van der Waals surface area contributed by atoms with Crippen LogP contribution in [0.15, 0.2) is 121 Å². The minimum Gasteiger partial charge on any atom is -0.310 e. The lowest BCUT2D eigenvalue weighted by Crippen LogP contribution is -2.59. The summed E-state index contributed by atoms with van der Waals surface area (Å²) in [7, 11) is 0. The number of thiophene rings is 2. The van der Waals surface area contributed by atoms with Crippen molar-refractivity contribution in [1.29, 1.82) is 0 Å². The Bertz CT molecular complexity index is 2940. The summed E-state index contributed by atoms with van der Waals surface area (Å²) < 4.78 is 5.78. The van der Waals surface area contributed by atoms with E-state index in [2.05, 4.69) is 166 Å².